The van der Waals surface area contributed by atoms with Gasteiger partial charge in [-0.15, -0.1) is 0 Å². The van der Waals surface area contributed by atoms with E-state index in [1.165, 1.54) is 0 Å². The summed E-state index contributed by atoms with van der Waals surface area (Å²) in [6.45, 7) is 4.58. The van der Waals surface area contributed by atoms with E-state index in [0.29, 0.717) is 17.4 Å². The molecule has 0 bridgehead atoms. The summed E-state index contributed by atoms with van der Waals surface area (Å²) in [5.41, 5.74) is 1.79. The summed E-state index contributed by atoms with van der Waals surface area (Å²) in [4.78, 5) is 18.7. The molecule has 0 saturated heterocycles. The Hall–Kier alpha value is -2.40. The zero-order valence-electron chi connectivity index (χ0n) is 14.7. The van der Waals surface area contributed by atoms with Crippen molar-refractivity contribution in [1.29, 1.82) is 0 Å². The number of rotatable bonds is 7. The number of carbonyl (C=O) groups is 1. The van der Waals surface area contributed by atoms with Crippen molar-refractivity contribution in [2.75, 3.05) is 26.0 Å². The minimum absolute atomic E-state index is 0.0726. The van der Waals surface area contributed by atoms with Crippen LogP contribution in [0.15, 0.2) is 48.8 Å². The number of anilines is 1. The van der Waals surface area contributed by atoms with E-state index in [-0.39, 0.29) is 18.5 Å². The molecule has 2 rings (SSSR count). The van der Waals surface area contributed by atoms with Gasteiger partial charge < -0.3 is 10.1 Å². The highest BCUT2D eigenvalue weighted by atomic mass is 16.5. The zero-order chi connectivity index (χ0) is 17.5. The molecule has 1 heterocycles. The number of ether oxygens (including phenoxy) is 1. The maximum atomic E-state index is 12.4. The van der Waals surface area contributed by atoms with Crippen LogP contribution in [0.2, 0.25) is 0 Å². The van der Waals surface area contributed by atoms with Crippen molar-refractivity contribution in [3.63, 3.8) is 0 Å². The molecule has 1 aromatic heterocycles. The molecule has 128 valence electrons. The van der Waals surface area contributed by atoms with Gasteiger partial charge in [-0.3, -0.25) is 14.7 Å². The number of pyridine rings is 1. The van der Waals surface area contributed by atoms with Crippen LogP contribution in [0.25, 0.3) is 0 Å². The van der Waals surface area contributed by atoms with Crippen molar-refractivity contribution in [3.8, 4) is 5.75 Å². The largest absolute Gasteiger partial charge is 0.495 e. The van der Waals surface area contributed by atoms with Crippen molar-refractivity contribution >= 4 is 11.6 Å². The molecule has 5 heteroatoms. The fourth-order valence-electron chi connectivity index (χ4n) is 2.96. The van der Waals surface area contributed by atoms with E-state index in [1.807, 2.05) is 54.5 Å². The number of aromatic nitrogens is 1. The van der Waals surface area contributed by atoms with Gasteiger partial charge in [0.1, 0.15) is 5.75 Å². The summed E-state index contributed by atoms with van der Waals surface area (Å²) >= 11 is 0. The molecule has 0 fully saturated rings. The van der Waals surface area contributed by atoms with Gasteiger partial charge in [0, 0.05) is 18.4 Å². The lowest BCUT2D eigenvalue weighted by molar-refractivity contribution is -0.117. The van der Waals surface area contributed by atoms with Gasteiger partial charge >= 0.3 is 0 Å². The highest BCUT2D eigenvalue weighted by Gasteiger charge is 2.23. The maximum Gasteiger partial charge on any atom is 0.238 e. The van der Waals surface area contributed by atoms with E-state index in [1.54, 1.807) is 13.3 Å². The number of para-hydroxylation sites is 2. The fourth-order valence-corrected chi connectivity index (χ4v) is 2.96. The lowest BCUT2D eigenvalue weighted by Crippen LogP contribution is -2.35. The number of benzene rings is 1. The first-order chi connectivity index (χ1) is 11.5. The summed E-state index contributed by atoms with van der Waals surface area (Å²) in [6.07, 6.45) is 3.62. The van der Waals surface area contributed by atoms with E-state index in [0.717, 1.165) is 5.56 Å². The second-order valence-corrected chi connectivity index (χ2v) is 6.14. The Morgan fingerprint density at radius 2 is 2.00 bits per heavy atom. The summed E-state index contributed by atoms with van der Waals surface area (Å²) < 4.78 is 5.27. The minimum Gasteiger partial charge on any atom is -0.495 e. The normalized spacial score (nSPS) is 12.2. The molecule has 1 N–H and O–H groups in total. The zero-order valence-corrected chi connectivity index (χ0v) is 14.7. The number of likely N-dealkylation sites (N-methyl/N-ethyl adjacent to an activating group) is 1. The summed E-state index contributed by atoms with van der Waals surface area (Å²) in [5, 5.41) is 2.92. The van der Waals surface area contributed by atoms with Crippen LogP contribution >= 0.6 is 0 Å². The molecule has 0 aliphatic carbocycles. The Labute approximate surface area is 143 Å². The van der Waals surface area contributed by atoms with E-state index in [2.05, 4.69) is 24.1 Å². The van der Waals surface area contributed by atoms with Gasteiger partial charge in [0.2, 0.25) is 5.91 Å². The Morgan fingerprint density at radius 1 is 1.25 bits per heavy atom. The topological polar surface area (TPSA) is 54.5 Å². The smallest absolute Gasteiger partial charge is 0.238 e. The quantitative estimate of drug-likeness (QED) is 0.847. The molecule has 0 spiro atoms. The molecule has 5 nitrogen and oxygen atoms in total. The Balaban J connectivity index is 2.06. The second-order valence-electron chi connectivity index (χ2n) is 6.14. The molecule has 1 amide bonds. The number of methoxy groups -OCH3 is 1. The third-order valence-electron chi connectivity index (χ3n) is 3.91. The van der Waals surface area contributed by atoms with Crippen LogP contribution in [-0.4, -0.2) is 36.5 Å². The highest BCUT2D eigenvalue weighted by Crippen LogP contribution is 2.27. The number of nitrogens with zero attached hydrogens (tertiary/aromatic N) is 2. The predicted molar refractivity (Wildman–Crippen MR) is 96.1 cm³/mol. The number of amides is 1. The van der Waals surface area contributed by atoms with Crippen molar-refractivity contribution < 1.29 is 9.53 Å². The van der Waals surface area contributed by atoms with Gasteiger partial charge in [-0.1, -0.05) is 32.0 Å². The van der Waals surface area contributed by atoms with Crippen LogP contribution in [0.4, 0.5) is 5.69 Å². The molecule has 0 saturated carbocycles. The van der Waals surface area contributed by atoms with E-state index >= 15 is 0 Å². The summed E-state index contributed by atoms with van der Waals surface area (Å²) in [5.74, 6) is 0.941. The van der Waals surface area contributed by atoms with E-state index in [9.17, 15) is 4.79 Å². The second kappa shape index (κ2) is 8.45. The number of carbonyl (C=O) groups excluding carboxylic acids is 1. The van der Waals surface area contributed by atoms with Crippen LogP contribution in [0, 0.1) is 5.92 Å². The van der Waals surface area contributed by atoms with Gasteiger partial charge in [-0.25, -0.2) is 0 Å². The first-order valence-electron chi connectivity index (χ1n) is 8.06. The Morgan fingerprint density at radius 3 is 2.62 bits per heavy atom. The number of hydrogen-bond acceptors (Lipinski definition) is 4. The maximum absolute atomic E-state index is 12.4. The minimum atomic E-state index is -0.0726. The molecule has 0 aliphatic rings. The molecule has 1 aromatic carbocycles. The lowest BCUT2D eigenvalue weighted by atomic mass is 9.96. The van der Waals surface area contributed by atoms with Crippen molar-refractivity contribution in [2.24, 2.45) is 5.92 Å². The van der Waals surface area contributed by atoms with Crippen LogP contribution in [0.1, 0.15) is 25.5 Å². The summed E-state index contributed by atoms with van der Waals surface area (Å²) in [6, 6.07) is 11.5. The van der Waals surface area contributed by atoms with Gasteiger partial charge in [0.25, 0.3) is 0 Å². The van der Waals surface area contributed by atoms with Gasteiger partial charge in [0.15, 0.2) is 0 Å². The van der Waals surface area contributed by atoms with E-state index < -0.39 is 0 Å². The van der Waals surface area contributed by atoms with Gasteiger partial charge in [0.05, 0.1) is 19.3 Å². The van der Waals surface area contributed by atoms with Crippen LogP contribution in [0.3, 0.4) is 0 Å². The Kier molecular flexibility index (Phi) is 6.32. The average molecular weight is 327 g/mol. The number of nitrogens with one attached hydrogen (secondary N) is 1. The standard InChI is InChI=1S/C19H25N3O2/c1-14(2)19(15-8-7-11-20-12-15)22(3)13-18(23)21-16-9-5-6-10-17(16)24-4/h5-12,14,19H,13H2,1-4H3,(H,21,23). The molecule has 0 radical (unpaired) electrons. The van der Waals surface area contributed by atoms with Crippen molar-refractivity contribution in [2.45, 2.75) is 19.9 Å². The third-order valence-corrected chi connectivity index (χ3v) is 3.91. The van der Waals surface area contributed by atoms with Gasteiger partial charge in [-0.2, -0.15) is 0 Å². The van der Waals surface area contributed by atoms with Crippen LogP contribution in [-0.2, 0) is 4.79 Å². The molecule has 1 unspecified atom stereocenters. The molecule has 1 atom stereocenters. The fraction of sp³-hybridized carbons (Fsp3) is 0.368. The molecular weight excluding hydrogens is 302 g/mol. The summed E-state index contributed by atoms with van der Waals surface area (Å²) in [7, 11) is 3.55. The molecule has 24 heavy (non-hydrogen) atoms. The van der Waals surface area contributed by atoms with Gasteiger partial charge in [-0.05, 0) is 36.7 Å². The van der Waals surface area contributed by atoms with Crippen LogP contribution < -0.4 is 10.1 Å². The first kappa shape index (κ1) is 17.9. The van der Waals surface area contributed by atoms with Crippen molar-refractivity contribution in [1.82, 2.24) is 9.88 Å². The molecule has 2 aromatic rings. The highest BCUT2D eigenvalue weighted by molar-refractivity contribution is 5.93. The average Bonchev–Trinajstić information content (AvgIpc) is 2.56. The molecule has 0 aliphatic heterocycles. The monoisotopic (exact) mass is 327 g/mol. The third kappa shape index (κ3) is 4.55. The Bertz CT molecular complexity index is 659. The first-order valence-corrected chi connectivity index (χ1v) is 8.06. The number of hydrogen-bond donors (Lipinski definition) is 1. The predicted octanol–water partition coefficient (Wildman–Crippen LogP) is 3.36. The lowest BCUT2D eigenvalue weighted by Gasteiger charge is -2.31. The van der Waals surface area contributed by atoms with Crippen molar-refractivity contribution in [3.05, 3.63) is 54.4 Å². The SMILES string of the molecule is COc1ccccc1NC(=O)CN(C)C(c1cccnc1)C(C)C. The molecular formula is C19H25N3O2. The van der Waals surface area contributed by atoms with E-state index in [4.69, 9.17) is 4.74 Å². The van der Waals surface area contributed by atoms with Crippen LogP contribution in [0.5, 0.6) is 5.75 Å².